The van der Waals surface area contributed by atoms with Crippen molar-refractivity contribution in [3.63, 3.8) is 0 Å². The van der Waals surface area contributed by atoms with Crippen molar-refractivity contribution in [1.82, 2.24) is 0 Å². The summed E-state index contributed by atoms with van der Waals surface area (Å²) in [5.41, 5.74) is 0. The number of hydrogen-bond donors (Lipinski definition) is 0. The van der Waals surface area contributed by atoms with E-state index in [-0.39, 0.29) is 0 Å². The largest absolute Gasteiger partial charge is 0.495 e. The Bertz CT molecular complexity index is 444. The van der Waals surface area contributed by atoms with E-state index in [2.05, 4.69) is 18.2 Å². The number of hydrogen-bond acceptors (Lipinski definition) is 2. The van der Waals surface area contributed by atoms with E-state index in [1.54, 1.807) is 0 Å². The second kappa shape index (κ2) is 4.49. The highest BCUT2D eigenvalue weighted by atomic mass is 16.6. The molecule has 0 radical (unpaired) electrons. The maximum Gasteiger partial charge on any atom is 0.116 e. The predicted molar refractivity (Wildman–Crippen MR) is 60.6 cm³/mol. The van der Waals surface area contributed by atoms with Gasteiger partial charge in [-0.1, -0.05) is 30.3 Å². The quantitative estimate of drug-likeness (QED) is 0.686. The van der Waals surface area contributed by atoms with Gasteiger partial charge in [0.2, 0.25) is 0 Å². The molecule has 0 aromatic heterocycles. The molecule has 80 valence electrons. The van der Waals surface area contributed by atoms with E-state index >= 15 is 0 Å². The molecule has 0 amide bonds. The van der Waals surface area contributed by atoms with Crippen molar-refractivity contribution >= 4 is 11.8 Å². The van der Waals surface area contributed by atoms with Gasteiger partial charge in [0.15, 0.2) is 0 Å². The van der Waals surface area contributed by atoms with Gasteiger partial charge in [0.25, 0.3) is 0 Å². The lowest BCUT2D eigenvalue weighted by molar-refractivity contribution is 0.228. The van der Waals surface area contributed by atoms with E-state index in [1.807, 2.05) is 26.0 Å². The number of epoxide rings is 1. The molecule has 0 aliphatic carbocycles. The third-order valence-corrected chi connectivity index (χ3v) is 2.54. The fourth-order valence-electron chi connectivity index (χ4n) is 1.53. The minimum Gasteiger partial charge on any atom is -0.495 e. The normalized spacial score (nSPS) is 22.5. The summed E-state index contributed by atoms with van der Waals surface area (Å²) in [6, 6.07) is 8.24. The highest BCUT2D eigenvalue weighted by Gasteiger charge is 2.22. The zero-order chi connectivity index (χ0) is 10.7. The molecular formula is C13H16O2. The van der Waals surface area contributed by atoms with Gasteiger partial charge < -0.3 is 9.47 Å². The average molecular weight is 204 g/mol. The maximum atomic E-state index is 5.67. The van der Waals surface area contributed by atoms with E-state index in [9.17, 15) is 0 Å². The molecule has 2 rings (SSSR count). The monoisotopic (exact) mass is 204 g/mol. The Kier molecular flexibility index (Phi) is 3.07. The van der Waals surface area contributed by atoms with Gasteiger partial charge >= 0.3 is 0 Å². The van der Waals surface area contributed by atoms with Gasteiger partial charge in [-0.3, -0.25) is 0 Å². The molecule has 15 heavy (non-hydrogen) atoms. The number of benzene rings is 1. The van der Waals surface area contributed by atoms with Crippen LogP contribution in [-0.4, -0.2) is 19.3 Å². The van der Waals surface area contributed by atoms with Crippen LogP contribution >= 0.6 is 0 Å². The van der Waals surface area contributed by atoms with Crippen LogP contribution in [0.3, 0.4) is 0 Å². The van der Waals surface area contributed by atoms with Crippen LogP contribution in [0.5, 0.6) is 0 Å². The van der Waals surface area contributed by atoms with Crippen LogP contribution in [0.2, 0.25) is 0 Å². The first-order valence-corrected chi connectivity index (χ1v) is 5.28. The molecule has 1 aromatic carbocycles. The molecule has 1 heterocycles. The average Bonchev–Trinajstić information content (AvgIpc) is 3.09. The predicted octanol–water partition coefficient (Wildman–Crippen LogP) is 1.03. The second-order valence-electron chi connectivity index (χ2n) is 3.70. The Hall–Kier alpha value is -1.28. The lowest BCUT2D eigenvalue weighted by atomic mass is 10.2. The lowest BCUT2D eigenvalue weighted by Gasteiger charge is -2.04. The molecule has 1 aliphatic rings. The Labute approximate surface area is 89.8 Å². The van der Waals surface area contributed by atoms with Gasteiger partial charge in [-0.25, -0.2) is 0 Å². The highest BCUT2D eigenvalue weighted by molar-refractivity contribution is 5.37. The van der Waals surface area contributed by atoms with E-state index in [4.69, 9.17) is 9.47 Å². The summed E-state index contributed by atoms with van der Waals surface area (Å²) in [6.07, 6.45) is 2.41. The van der Waals surface area contributed by atoms with Gasteiger partial charge in [-0.2, -0.15) is 0 Å². The van der Waals surface area contributed by atoms with Gasteiger partial charge in [-0.15, -0.1) is 0 Å². The molecule has 0 saturated carbocycles. The topological polar surface area (TPSA) is 21.8 Å². The minimum absolute atomic E-state index is 0.317. The first kappa shape index (κ1) is 10.2. The van der Waals surface area contributed by atoms with Crippen LogP contribution in [-0.2, 0) is 9.47 Å². The molecular weight excluding hydrogens is 188 g/mol. The van der Waals surface area contributed by atoms with Crippen molar-refractivity contribution in [3.8, 4) is 0 Å². The summed E-state index contributed by atoms with van der Waals surface area (Å²) in [4.78, 5) is 0. The van der Waals surface area contributed by atoms with E-state index in [0.29, 0.717) is 12.7 Å². The van der Waals surface area contributed by atoms with Crippen molar-refractivity contribution in [3.05, 3.63) is 34.7 Å². The Morgan fingerprint density at radius 1 is 1.53 bits per heavy atom. The molecule has 0 bridgehead atoms. The third-order valence-electron chi connectivity index (χ3n) is 2.54. The number of rotatable bonds is 3. The Morgan fingerprint density at radius 3 is 2.93 bits per heavy atom. The van der Waals surface area contributed by atoms with Crippen molar-refractivity contribution in [2.75, 3.05) is 13.2 Å². The molecule has 1 aromatic rings. The summed E-state index contributed by atoms with van der Waals surface area (Å²) in [5, 5.41) is 2.38. The van der Waals surface area contributed by atoms with Crippen LogP contribution in [0, 0.1) is 0 Å². The number of ether oxygens (including phenoxy) is 2. The first-order valence-electron chi connectivity index (χ1n) is 5.28. The van der Waals surface area contributed by atoms with Crippen LogP contribution in [0.15, 0.2) is 24.3 Å². The molecule has 0 N–H and O–H groups in total. The second-order valence-corrected chi connectivity index (χ2v) is 3.70. The molecule has 1 unspecified atom stereocenters. The van der Waals surface area contributed by atoms with Gasteiger partial charge in [0, 0.05) is 5.22 Å². The fourth-order valence-corrected chi connectivity index (χ4v) is 1.53. The van der Waals surface area contributed by atoms with Gasteiger partial charge in [-0.05, 0) is 19.1 Å². The van der Waals surface area contributed by atoms with Gasteiger partial charge in [0.1, 0.15) is 18.5 Å². The molecule has 2 heteroatoms. The third kappa shape index (κ3) is 2.60. The Morgan fingerprint density at radius 2 is 2.27 bits per heavy atom. The van der Waals surface area contributed by atoms with Crippen molar-refractivity contribution < 1.29 is 9.47 Å². The van der Waals surface area contributed by atoms with Crippen LogP contribution in [0.25, 0.3) is 11.8 Å². The maximum absolute atomic E-state index is 5.67. The standard InChI is InChI=1S/C13H16O2/c1-3-11-6-4-5-7-13(11)10(2)14-8-12-9-15-12/h3-7,12H,8-9H2,1-2H3/b11-3-,13-10+. The van der Waals surface area contributed by atoms with Crippen molar-refractivity contribution in [1.29, 1.82) is 0 Å². The SMILES string of the molecule is C/C=c1/cccc/c1=C(/C)OCC1CO1. The van der Waals surface area contributed by atoms with Crippen LogP contribution in [0.4, 0.5) is 0 Å². The minimum atomic E-state index is 0.317. The zero-order valence-electron chi connectivity index (χ0n) is 9.19. The highest BCUT2D eigenvalue weighted by Crippen LogP contribution is 2.10. The smallest absolute Gasteiger partial charge is 0.116 e. The van der Waals surface area contributed by atoms with Crippen LogP contribution in [0.1, 0.15) is 13.8 Å². The summed E-state index contributed by atoms with van der Waals surface area (Å²) in [6.45, 7) is 5.56. The van der Waals surface area contributed by atoms with E-state index in [0.717, 1.165) is 12.4 Å². The van der Waals surface area contributed by atoms with Crippen LogP contribution < -0.4 is 10.4 Å². The summed E-state index contributed by atoms with van der Waals surface area (Å²) in [7, 11) is 0. The summed E-state index contributed by atoms with van der Waals surface area (Å²) >= 11 is 0. The molecule has 1 atom stereocenters. The lowest BCUT2D eigenvalue weighted by Crippen LogP contribution is -2.26. The van der Waals surface area contributed by atoms with Crippen molar-refractivity contribution in [2.45, 2.75) is 20.0 Å². The zero-order valence-corrected chi connectivity index (χ0v) is 9.19. The molecule has 0 spiro atoms. The molecule has 1 saturated heterocycles. The summed E-state index contributed by atoms with van der Waals surface area (Å²) < 4.78 is 10.8. The van der Waals surface area contributed by atoms with E-state index < -0.39 is 0 Å². The molecule has 2 nitrogen and oxygen atoms in total. The van der Waals surface area contributed by atoms with Gasteiger partial charge in [0.05, 0.1) is 6.61 Å². The Balaban J connectivity index is 2.27. The fraction of sp³-hybridized carbons (Fsp3) is 0.385. The summed E-state index contributed by atoms with van der Waals surface area (Å²) in [5.74, 6) is 0.971. The first-order chi connectivity index (χ1) is 7.31. The molecule has 1 aliphatic heterocycles. The molecule has 1 fully saturated rings. The van der Waals surface area contributed by atoms with Crippen molar-refractivity contribution in [2.24, 2.45) is 0 Å². The van der Waals surface area contributed by atoms with E-state index in [1.165, 1.54) is 10.4 Å².